The summed E-state index contributed by atoms with van der Waals surface area (Å²) < 4.78 is 52.7. The van der Waals surface area contributed by atoms with Crippen LogP contribution in [0.2, 0.25) is 0 Å². The van der Waals surface area contributed by atoms with E-state index in [4.69, 9.17) is 9.90 Å². The highest BCUT2D eigenvalue weighted by Crippen LogP contribution is 2.13. The van der Waals surface area contributed by atoms with E-state index in [9.17, 15) is 21.9 Å². The van der Waals surface area contributed by atoms with E-state index in [1.165, 1.54) is 11.4 Å². The molecule has 14 heavy (non-hydrogen) atoms. The molecule has 5 nitrogen and oxygen atoms in total. The van der Waals surface area contributed by atoms with Crippen LogP contribution in [0.3, 0.4) is 0 Å². The molecule has 0 aromatic carbocycles. The third-order valence-electron chi connectivity index (χ3n) is 0.942. The molecule has 0 saturated heterocycles. The molecule has 0 radical (unpaired) electrons. The summed E-state index contributed by atoms with van der Waals surface area (Å²) >= 11 is -2.03. The number of alkyl halides is 3. The van der Waals surface area contributed by atoms with Gasteiger partial charge in [-0.15, -0.1) is 0 Å². The lowest BCUT2D eigenvalue weighted by molar-refractivity contribution is -0.192. The van der Waals surface area contributed by atoms with Crippen molar-refractivity contribution in [2.75, 3.05) is 13.6 Å². The Balaban J connectivity index is 0. The zero-order chi connectivity index (χ0) is 11.9. The summed E-state index contributed by atoms with van der Waals surface area (Å²) in [4.78, 5) is 8.90. The summed E-state index contributed by atoms with van der Waals surface area (Å²) in [5.41, 5.74) is 0. The van der Waals surface area contributed by atoms with Gasteiger partial charge in [0.15, 0.2) is 0 Å². The van der Waals surface area contributed by atoms with E-state index in [0.29, 0.717) is 6.54 Å². The molecule has 0 rings (SSSR count). The van der Waals surface area contributed by atoms with Crippen LogP contribution in [-0.4, -0.2) is 43.9 Å². The fraction of sp³-hybridized carbons (Fsp3) is 0.800. The maximum atomic E-state index is 10.6. The maximum Gasteiger partial charge on any atom is 0.490 e. The monoisotopic (exact) mass is 236 g/mol. The summed E-state index contributed by atoms with van der Waals surface area (Å²) in [6.45, 7) is 2.31. The largest absolute Gasteiger partial charge is 0.760 e. The van der Waals surface area contributed by atoms with Crippen LogP contribution < -0.4 is 0 Å². The number of carbonyl (C=O) groups is 1. The van der Waals surface area contributed by atoms with Gasteiger partial charge >= 0.3 is 12.1 Å². The van der Waals surface area contributed by atoms with Crippen LogP contribution in [0, 0.1) is 0 Å². The van der Waals surface area contributed by atoms with E-state index in [1.807, 2.05) is 0 Å². The first kappa shape index (κ1) is 15.8. The van der Waals surface area contributed by atoms with Crippen molar-refractivity contribution in [3.63, 3.8) is 0 Å². The quantitative estimate of drug-likeness (QED) is 0.702. The molecule has 1 atom stereocenters. The van der Waals surface area contributed by atoms with Crippen molar-refractivity contribution in [1.29, 1.82) is 0 Å². The van der Waals surface area contributed by atoms with E-state index < -0.39 is 23.4 Å². The Hall–Kier alpha value is -0.670. The van der Waals surface area contributed by atoms with Crippen molar-refractivity contribution in [3.8, 4) is 0 Å². The first-order chi connectivity index (χ1) is 6.12. The van der Waals surface area contributed by atoms with Gasteiger partial charge in [0, 0.05) is 17.8 Å². The third kappa shape index (κ3) is 9.42. The molecule has 0 amide bonds. The van der Waals surface area contributed by atoms with Crippen molar-refractivity contribution >= 4 is 17.2 Å². The molecule has 0 fully saturated rings. The van der Waals surface area contributed by atoms with E-state index >= 15 is 0 Å². The second-order valence-corrected chi connectivity index (χ2v) is 3.02. The molecular formula is C5H9F3NO4S-. The van der Waals surface area contributed by atoms with Gasteiger partial charge in [-0.1, -0.05) is 6.92 Å². The third-order valence-corrected chi connectivity index (χ3v) is 1.71. The van der Waals surface area contributed by atoms with Crippen LogP contribution >= 0.6 is 0 Å². The van der Waals surface area contributed by atoms with Crippen LogP contribution in [0.5, 0.6) is 0 Å². The van der Waals surface area contributed by atoms with Crippen molar-refractivity contribution in [3.05, 3.63) is 0 Å². The molecule has 86 valence electrons. The van der Waals surface area contributed by atoms with Crippen LogP contribution in [-0.2, 0) is 16.1 Å². The summed E-state index contributed by atoms with van der Waals surface area (Å²) in [7, 11) is 1.52. The maximum absolute atomic E-state index is 10.6. The lowest BCUT2D eigenvalue weighted by Crippen LogP contribution is -2.21. The van der Waals surface area contributed by atoms with Gasteiger partial charge in [-0.05, 0) is 7.05 Å². The fourth-order valence-electron chi connectivity index (χ4n) is 0.105. The van der Waals surface area contributed by atoms with Crippen molar-refractivity contribution in [2.24, 2.45) is 0 Å². The first-order valence-corrected chi connectivity index (χ1v) is 4.26. The van der Waals surface area contributed by atoms with Crippen LogP contribution in [0.1, 0.15) is 6.92 Å². The van der Waals surface area contributed by atoms with Crippen molar-refractivity contribution in [1.82, 2.24) is 4.31 Å². The Morgan fingerprint density at radius 2 is 1.86 bits per heavy atom. The number of nitrogens with zero attached hydrogens (tertiary/aromatic N) is 1. The number of hydrogen-bond acceptors (Lipinski definition) is 3. The molecule has 0 bridgehead atoms. The normalized spacial score (nSPS) is 13.1. The van der Waals surface area contributed by atoms with Crippen molar-refractivity contribution < 1.29 is 31.8 Å². The zero-order valence-corrected chi connectivity index (χ0v) is 8.18. The molecule has 0 aliphatic rings. The Morgan fingerprint density at radius 1 is 1.57 bits per heavy atom. The van der Waals surface area contributed by atoms with Gasteiger partial charge in [0.2, 0.25) is 0 Å². The van der Waals surface area contributed by atoms with Gasteiger partial charge in [-0.3, -0.25) is 4.21 Å². The minimum atomic E-state index is -5.08. The number of rotatable bonds is 2. The lowest BCUT2D eigenvalue weighted by Gasteiger charge is -2.15. The first-order valence-electron chi connectivity index (χ1n) is 3.23. The molecule has 1 unspecified atom stereocenters. The van der Waals surface area contributed by atoms with E-state index in [-0.39, 0.29) is 0 Å². The predicted molar refractivity (Wildman–Crippen MR) is 40.9 cm³/mol. The number of halogens is 3. The fourth-order valence-corrected chi connectivity index (χ4v) is 0.316. The predicted octanol–water partition coefficient (Wildman–Crippen LogP) is 0.365. The van der Waals surface area contributed by atoms with E-state index in [0.717, 1.165) is 0 Å². The molecule has 0 saturated carbocycles. The van der Waals surface area contributed by atoms with Gasteiger partial charge in [-0.2, -0.15) is 13.2 Å². The number of carboxylic acid groups (broad SMARTS) is 1. The second-order valence-electron chi connectivity index (χ2n) is 1.96. The summed E-state index contributed by atoms with van der Waals surface area (Å²) in [6.07, 6.45) is -5.08. The lowest BCUT2D eigenvalue weighted by atomic mass is 10.7. The average Bonchev–Trinajstić information content (AvgIpc) is 2.02. The molecule has 9 heteroatoms. The van der Waals surface area contributed by atoms with Gasteiger partial charge in [0.1, 0.15) is 0 Å². The van der Waals surface area contributed by atoms with Gasteiger partial charge in [-0.25, -0.2) is 9.10 Å². The zero-order valence-electron chi connectivity index (χ0n) is 7.37. The van der Waals surface area contributed by atoms with Crippen LogP contribution in [0.15, 0.2) is 0 Å². The molecule has 0 heterocycles. The second kappa shape index (κ2) is 6.74. The van der Waals surface area contributed by atoms with Gasteiger partial charge < -0.3 is 9.66 Å². The Bertz CT molecular complexity index is 208. The molecule has 0 spiro atoms. The van der Waals surface area contributed by atoms with Gasteiger partial charge in [0.25, 0.3) is 0 Å². The summed E-state index contributed by atoms with van der Waals surface area (Å²) in [5.74, 6) is -2.76. The minimum Gasteiger partial charge on any atom is -0.760 e. The van der Waals surface area contributed by atoms with E-state index in [1.54, 1.807) is 6.92 Å². The topological polar surface area (TPSA) is 80.7 Å². The SMILES string of the molecule is CCN(C)S(=O)[O-].O=C(O)C(F)(F)F. The molecular weight excluding hydrogens is 227 g/mol. The highest BCUT2D eigenvalue weighted by atomic mass is 32.2. The summed E-state index contributed by atoms with van der Waals surface area (Å²) in [5, 5.41) is 7.12. The summed E-state index contributed by atoms with van der Waals surface area (Å²) in [6, 6.07) is 0. The Morgan fingerprint density at radius 3 is 1.86 bits per heavy atom. The highest BCUT2D eigenvalue weighted by Gasteiger charge is 2.38. The molecule has 0 aromatic heterocycles. The van der Waals surface area contributed by atoms with Crippen molar-refractivity contribution in [2.45, 2.75) is 13.1 Å². The number of hydrogen-bond donors (Lipinski definition) is 1. The molecule has 1 N–H and O–H groups in total. The van der Waals surface area contributed by atoms with Crippen LogP contribution in [0.4, 0.5) is 13.2 Å². The van der Waals surface area contributed by atoms with Crippen LogP contribution in [0.25, 0.3) is 0 Å². The Kier molecular flexibility index (Phi) is 7.59. The van der Waals surface area contributed by atoms with Gasteiger partial charge in [0.05, 0.1) is 0 Å². The molecule has 0 aliphatic carbocycles. The molecule has 0 aromatic rings. The Labute approximate surface area is 80.9 Å². The minimum absolute atomic E-state index is 0.538. The number of aliphatic carboxylic acids is 1. The average molecular weight is 236 g/mol. The smallest absolute Gasteiger partial charge is 0.490 e. The molecule has 0 aliphatic heterocycles. The number of carboxylic acids is 1. The van der Waals surface area contributed by atoms with E-state index in [2.05, 4.69) is 0 Å². The standard InChI is InChI=1S/C3H9NO2S.C2HF3O2/c1-3-4(2)7(5)6;3-2(4,5)1(6)7/h3H2,1-2H3,(H,5,6);(H,6,7)/p-1. The highest BCUT2D eigenvalue weighted by molar-refractivity contribution is 7.76.